The van der Waals surface area contributed by atoms with Gasteiger partial charge in [-0.05, 0) is 47.9 Å². The van der Waals surface area contributed by atoms with E-state index in [2.05, 4.69) is 62.4 Å². The Morgan fingerprint density at radius 1 is 1.10 bits per heavy atom. The average Bonchev–Trinajstić information content (AvgIpc) is 2.46. The maximum absolute atomic E-state index is 4.84. The molecular formula is C20H23N. The van der Waals surface area contributed by atoms with Crippen molar-refractivity contribution in [2.24, 2.45) is 4.99 Å². The number of fused-ring (bicyclic) bond motifs is 1. The molecule has 0 amide bonds. The second-order valence-electron chi connectivity index (χ2n) is 6.08. The van der Waals surface area contributed by atoms with Crippen LogP contribution >= 0.6 is 0 Å². The summed E-state index contributed by atoms with van der Waals surface area (Å²) in [4.78, 5) is 4.84. The lowest BCUT2D eigenvalue weighted by Crippen LogP contribution is -2.15. The second-order valence-corrected chi connectivity index (χ2v) is 6.08. The number of aliphatic imine (C=N–C) groups is 1. The summed E-state index contributed by atoms with van der Waals surface area (Å²) in [6.07, 6.45) is 14.3. The first-order chi connectivity index (χ1) is 10.3. The highest BCUT2D eigenvalue weighted by Crippen LogP contribution is 2.26. The predicted molar refractivity (Wildman–Crippen MR) is 91.2 cm³/mol. The first-order valence-corrected chi connectivity index (χ1v) is 7.97. The van der Waals surface area contributed by atoms with Crippen LogP contribution in [0.5, 0.6) is 0 Å². The molecule has 0 spiro atoms. The number of rotatable bonds is 2. The van der Waals surface area contributed by atoms with Crippen molar-refractivity contribution in [3.05, 3.63) is 70.8 Å². The SMILES string of the molecule is CC(C)c1ccc2c(c1)C(C1=C/CC/C=C/C=C\1)=NCC2. The number of hydrogen-bond acceptors (Lipinski definition) is 1. The summed E-state index contributed by atoms with van der Waals surface area (Å²) in [6.45, 7) is 5.41. The molecule has 1 aliphatic heterocycles. The highest BCUT2D eigenvalue weighted by molar-refractivity contribution is 6.15. The van der Waals surface area contributed by atoms with Gasteiger partial charge in [-0.15, -0.1) is 0 Å². The third-order valence-electron chi connectivity index (χ3n) is 4.20. The third-order valence-corrected chi connectivity index (χ3v) is 4.20. The second kappa shape index (κ2) is 6.26. The smallest absolute Gasteiger partial charge is 0.0718 e. The first kappa shape index (κ1) is 14.1. The summed E-state index contributed by atoms with van der Waals surface area (Å²) in [5.74, 6) is 0.559. The van der Waals surface area contributed by atoms with E-state index >= 15 is 0 Å². The van der Waals surface area contributed by atoms with Crippen molar-refractivity contribution in [2.75, 3.05) is 6.54 Å². The van der Waals surface area contributed by atoms with E-state index in [1.165, 1.54) is 28.0 Å². The van der Waals surface area contributed by atoms with Crippen LogP contribution in [-0.4, -0.2) is 12.3 Å². The van der Waals surface area contributed by atoms with E-state index in [0.717, 1.165) is 25.8 Å². The normalized spacial score (nSPS) is 23.4. The van der Waals surface area contributed by atoms with Crippen molar-refractivity contribution in [3.8, 4) is 0 Å². The van der Waals surface area contributed by atoms with Crippen LogP contribution in [0.3, 0.4) is 0 Å². The number of benzene rings is 1. The van der Waals surface area contributed by atoms with E-state index in [-0.39, 0.29) is 0 Å². The topological polar surface area (TPSA) is 12.4 Å². The minimum absolute atomic E-state index is 0.559. The van der Waals surface area contributed by atoms with Crippen LogP contribution in [-0.2, 0) is 6.42 Å². The Labute approximate surface area is 127 Å². The van der Waals surface area contributed by atoms with E-state index < -0.39 is 0 Å². The molecule has 0 saturated carbocycles. The van der Waals surface area contributed by atoms with Crippen molar-refractivity contribution in [1.29, 1.82) is 0 Å². The molecule has 0 fully saturated rings. The van der Waals surface area contributed by atoms with Crippen LogP contribution in [0.4, 0.5) is 0 Å². The lowest BCUT2D eigenvalue weighted by Gasteiger charge is -2.20. The maximum Gasteiger partial charge on any atom is 0.0718 e. The monoisotopic (exact) mass is 277 g/mol. The minimum atomic E-state index is 0.559. The summed E-state index contributed by atoms with van der Waals surface area (Å²) in [5, 5.41) is 0. The van der Waals surface area contributed by atoms with Gasteiger partial charge in [-0.3, -0.25) is 4.99 Å². The van der Waals surface area contributed by atoms with Gasteiger partial charge in [0.25, 0.3) is 0 Å². The van der Waals surface area contributed by atoms with Crippen molar-refractivity contribution >= 4 is 5.71 Å². The van der Waals surface area contributed by atoms with Crippen molar-refractivity contribution in [1.82, 2.24) is 0 Å². The summed E-state index contributed by atoms with van der Waals surface area (Å²) in [6, 6.07) is 6.92. The summed E-state index contributed by atoms with van der Waals surface area (Å²) < 4.78 is 0. The highest BCUT2D eigenvalue weighted by Gasteiger charge is 2.17. The van der Waals surface area contributed by atoms with Crippen molar-refractivity contribution in [3.63, 3.8) is 0 Å². The van der Waals surface area contributed by atoms with Crippen LogP contribution in [0.15, 0.2) is 59.1 Å². The van der Waals surface area contributed by atoms with Crippen LogP contribution in [0, 0.1) is 0 Å². The molecule has 1 heterocycles. The molecule has 1 aliphatic carbocycles. The largest absolute Gasteiger partial charge is 0.284 e. The van der Waals surface area contributed by atoms with Gasteiger partial charge < -0.3 is 0 Å². The number of allylic oxidation sites excluding steroid dienone is 6. The molecule has 21 heavy (non-hydrogen) atoms. The Hall–Kier alpha value is -1.89. The Morgan fingerprint density at radius 3 is 2.86 bits per heavy atom. The molecule has 1 aromatic carbocycles. The zero-order valence-electron chi connectivity index (χ0n) is 13.0. The summed E-state index contributed by atoms with van der Waals surface area (Å²) in [5.41, 5.74) is 6.65. The Balaban J connectivity index is 2.03. The van der Waals surface area contributed by atoms with Crippen LogP contribution in [0.1, 0.15) is 49.3 Å². The highest BCUT2D eigenvalue weighted by atomic mass is 14.7. The third kappa shape index (κ3) is 3.07. The Bertz CT molecular complexity index is 642. The van der Waals surface area contributed by atoms with E-state index in [1.54, 1.807) is 0 Å². The molecule has 108 valence electrons. The van der Waals surface area contributed by atoms with Crippen molar-refractivity contribution in [2.45, 2.75) is 39.0 Å². The van der Waals surface area contributed by atoms with Gasteiger partial charge in [0.1, 0.15) is 0 Å². The molecule has 1 nitrogen and oxygen atoms in total. The van der Waals surface area contributed by atoms with Crippen LogP contribution in [0.25, 0.3) is 0 Å². The molecule has 0 saturated heterocycles. The van der Waals surface area contributed by atoms with E-state index in [1.807, 2.05) is 0 Å². The average molecular weight is 277 g/mol. The fourth-order valence-electron chi connectivity index (χ4n) is 2.92. The molecule has 2 aliphatic rings. The predicted octanol–water partition coefficient (Wildman–Crippen LogP) is 4.99. The fourth-order valence-corrected chi connectivity index (χ4v) is 2.92. The molecule has 0 bridgehead atoms. The van der Waals surface area contributed by atoms with E-state index in [0.29, 0.717) is 5.92 Å². The molecule has 0 atom stereocenters. The van der Waals surface area contributed by atoms with Gasteiger partial charge >= 0.3 is 0 Å². The van der Waals surface area contributed by atoms with Gasteiger partial charge in [0.15, 0.2) is 0 Å². The van der Waals surface area contributed by atoms with Crippen LogP contribution < -0.4 is 0 Å². The quantitative estimate of drug-likeness (QED) is 0.722. The first-order valence-electron chi connectivity index (χ1n) is 7.97. The Kier molecular flexibility index (Phi) is 4.19. The van der Waals surface area contributed by atoms with E-state index in [9.17, 15) is 0 Å². The molecule has 1 heteroatoms. The van der Waals surface area contributed by atoms with Gasteiger partial charge in [0.05, 0.1) is 5.71 Å². The molecule has 0 radical (unpaired) electrons. The molecule has 1 aromatic rings. The standard InChI is InChI=1S/C20H23N/c1-15(2)18-11-10-16-12-13-21-20(19(16)14-18)17-8-6-4-3-5-7-9-17/h3-4,6,8-11,14-15H,5,7,12-13H2,1-2H3/b4-3+,8-6-,17-9+. The molecule has 3 rings (SSSR count). The number of nitrogens with zero attached hydrogens (tertiary/aromatic N) is 1. The summed E-state index contributed by atoms with van der Waals surface area (Å²) >= 11 is 0. The Morgan fingerprint density at radius 2 is 2.00 bits per heavy atom. The van der Waals surface area contributed by atoms with Gasteiger partial charge in [-0.1, -0.05) is 56.4 Å². The van der Waals surface area contributed by atoms with Crippen LogP contribution in [0.2, 0.25) is 0 Å². The van der Waals surface area contributed by atoms with Gasteiger partial charge in [-0.25, -0.2) is 0 Å². The molecule has 0 aromatic heterocycles. The lowest BCUT2D eigenvalue weighted by molar-refractivity contribution is 0.859. The lowest BCUT2D eigenvalue weighted by atomic mass is 9.88. The maximum atomic E-state index is 4.84. The van der Waals surface area contributed by atoms with Gasteiger partial charge in [0.2, 0.25) is 0 Å². The molecule has 0 N–H and O–H groups in total. The summed E-state index contributed by atoms with van der Waals surface area (Å²) in [7, 11) is 0. The number of hydrogen-bond donors (Lipinski definition) is 0. The zero-order valence-corrected chi connectivity index (χ0v) is 13.0. The fraction of sp³-hybridized carbons (Fsp3) is 0.350. The zero-order chi connectivity index (χ0) is 14.7. The minimum Gasteiger partial charge on any atom is -0.284 e. The molecular weight excluding hydrogens is 254 g/mol. The van der Waals surface area contributed by atoms with Gasteiger partial charge in [-0.2, -0.15) is 0 Å². The molecule has 0 unspecified atom stereocenters. The van der Waals surface area contributed by atoms with Crippen molar-refractivity contribution < 1.29 is 0 Å². The van der Waals surface area contributed by atoms with Gasteiger partial charge in [0, 0.05) is 12.1 Å². The van der Waals surface area contributed by atoms with E-state index in [4.69, 9.17) is 4.99 Å².